The van der Waals surface area contributed by atoms with E-state index < -0.39 is 11.7 Å². The Morgan fingerprint density at radius 1 is 1.31 bits per heavy atom. The average molecular weight is 228 g/mol. The van der Waals surface area contributed by atoms with E-state index in [2.05, 4.69) is 0 Å². The van der Waals surface area contributed by atoms with Crippen molar-refractivity contribution in [3.05, 3.63) is 28.8 Å². The van der Waals surface area contributed by atoms with Crippen molar-refractivity contribution in [2.24, 2.45) is 5.14 Å². The maximum Gasteiger partial charge on any atom is 0.416 e. The molecular formula is C7H5ClF3NS. The summed E-state index contributed by atoms with van der Waals surface area (Å²) in [6, 6.07) is 3.05. The van der Waals surface area contributed by atoms with E-state index in [0.29, 0.717) is 4.90 Å². The monoisotopic (exact) mass is 227 g/mol. The molecule has 0 radical (unpaired) electrons. The van der Waals surface area contributed by atoms with Crippen molar-refractivity contribution >= 4 is 23.5 Å². The number of rotatable bonds is 1. The van der Waals surface area contributed by atoms with Crippen molar-refractivity contribution in [1.82, 2.24) is 0 Å². The van der Waals surface area contributed by atoms with Crippen LogP contribution in [0.2, 0.25) is 5.02 Å². The topological polar surface area (TPSA) is 26.0 Å². The van der Waals surface area contributed by atoms with Gasteiger partial charge in [-0.3, -0.25) is 5.14 Å². The smallest absolute Gasteiger partial charge is 0.274 e. The van der Waals surface area contributed by atoms with Gasteiger partial charge in [-0.25, -0.2) is 0 Å². The highest BCUT2D eigenvalue weighted by Gasteiger charge is 2.30. The van der Waals surface area contributed by atoms with Crippen LogP contribution in [0.5, 0.6) is 0 Å². The van der Waals surface area contributed by atoms with Gasteiger partial charge < -0.3 is 0 Å². The predicted octanol–water partition coefficient (Wildman–Crippen LogP) is 3.32. The van der Waals surface area contributed by atoms with Gasteiger partial charge >= 0.3 is 6.18 Å². The third-order valence-corrected chi connectivity index (χ3v) is 2.42. The van der Waals surface area contributed by atoms with Crippen molar-refractivity contribution in [3.8, 4) is 0 Å². The van der Waals surface area contributed by atoms with Crippen LogP contribution in [0.4, 0.5) is 13.2 Å². The SMILES string of the molecule is NSc1ccc(C(F)(F)F)cc1Cl. The van der Waals surface area contributed by atoms with Gasteiger partial charge in [0.2, 0.25) is 0 Å². The molecule has 0 aliphatic carbocycles. The molecular weight excluding hydrogens is 223 g/mol. The lowest BCUT2D eigenvalue weighted by molar-refractivity contribution is -0.137. The summed E-state index contributed by atoms with van der Waals surface area (Å²) >= 11 is 6.35. The predicted molar refractivity (Wildman–Crippen MR) is 46.5 cm³/mol. The number of hydrogen-bond donors (Lipinski definition) is 1. The Morgan fingerprint density at radius 2 is 1.92 bits per heavy atom. The lowest BCUT2D eigenvalue weighted by Gasteiger charge is -2.07. The van der Waals surface area contributed by atoms with Crippen LogP contribution >= 0.6 is 23.5 Å². The highest BCUT2D eigenvalue weighted by atomic mass is 35.5. The second-order valence-electron chi connectivity index (χ2n) is 2.26. The van der Waals surface area contributed by atoms with Gasteiger partial charge in [-0.05, 0) is 30.1 Å². The number of nitrogens with two attached hydrogens (primary N) is 1. The molecule has 0 atom stereocenters. The van der Waals surface area contributed by atoms with Crippen LogP contribution in [-0.2, 0) is 6.18 Å². The van der Waals surface area contributed by atoms with Crippen LogP contribution in [0.1, 0.15) is 5.56 Å². The van der Waals surface area contributed by atoms with Crippen molar-refractivity contribution in [1.29, 1.82) is 0 Å². The molecule has 72 valence electrons. The highest BCUT2D eigenvalue weighted by Crippen LogP contribution is 2.33. The van der Waals surface area contributed by atoms with E-state index in [1.807, 2.05) is 0 Å². The van der Waals surface area contributed by atoms with E-state index in [4.69, 9.17) is 16.7 Å². The molecule has 1 aromatic rings. The third-order valence-electron chi connectivity index (χ3n) is 1.39. The fraction of sp³-hybridized carbons (Fsp3) is 0.143. The van der Waals surface area contributed by atoms with Gasteiger partial charge in [-0.1, -0.05) is 11.6 Å². The molecule has 6 heteroatoms. The first-order valence-electron chi connectivity index (χ1n) is 3.18. The van der Waals surface area contributed by atoms with Crippen LogP contribution < -0.4 is 5.14 Å². The number of alkyl halides is 3. The minimum atomic E-state index is -4.36. The molecule has 0 saturated carbocycles. The molecule has 0 heterocycles. The first-order valence-corrected chi connectivity index (χ1v) is 4.44. The molecule has 1 nitrogen and oxygen atoms in total. The van der Waals surface area contributed by atoms with Crippen molar-refractivity contribution in [3.63, 3.8) is 0 Å². The van der Waals surface area contributed by atoms with E-state index >= 15 is 0 Å². The van der Waals surface area contributed by atoms with Gasteiger partial charge in [0.05, 0.1) is 10.6 Å². The second-order valence-corrected chi connectivity index (χ2v) is 3.34. The standard InChI is InChI=1S/C7H5ClF3NS/c8-5-3-4(7(9,10)11)1-2-6(5)13-12/h1-3H,12H2. The number of benzene rings is 1. The molecule has 0 bridgehead atoms. The molecule has 0 aliphatic rings. The maximum atomic E-state index is 12.1. The van der Waals surface area contributed by atoms with Crippen LogP contribution in [0.25, 0.3) is 0 Å². The first kappa shape index (κ1) is 10.7. The number of hydrogen-bond acceptors (Lipinski definition) is 2. The van der Waals surface area contributed by atoms with Gasteiger partial charge in [-0.2, -0.15) is 13.2 Å². The van der Waals surface area contributed by atoms with E-state index in [9.17, 15) is 13.2 Å². The highest BCUT2D eigenvalue weighted by molar-refractivity contribution is 7.97. The summed E-state index contributed by atoms with van der Waals surface area (Å²) in [5.74, 6) is 0. The summed E-state index contributed by atoms with van der Waals surface area (Å²) in [7, 11) is 0. The van der Waals surface area contributed by atoms with Crippen LogP contribution in [0.3, 0.4) is 0 Å². The van der Waals surface area contributed by atoms with Crippen LogP contribution in [0, 0.1) is 0 Å². The molecule has 0 amide bonds. The van der Waals surface area contributed by atoms with Crippen LogP contribution in [-0.4, -0.2) is 0 Å². The largest absolute Gasteiger partial charge is 0.416 e. The zero-order chi connectivity index (χ0) is 10.1. The summed E-state index contributed by atoms with van der Waals surface area (Å²) in [4.78, 5) is 0.426. The fourth-order valence-corrected chi connectivity index (χ4v) is 1.41. The summed E-state index contributed by atoms with van der Waals surface area (Å²) in [6.07, 6.45) is -4.36. The molecule has 0 spiro atoms. The molecule has 0 aromatic heterocycles. The van der Waals surface area contributed by atoms with E-state index in [-0.39, 0.29) is 5.02 Å². The van der Waals surface area contributed by atoms with Crippen molar-refractivity contribution in [2.75, 3.05) is 0 Å². The lowest BCUT2D eigenvalue weighted by Crippen LogP contribution is -2.04. The zero-order valence-corrected chi connectivity index (χ0v) is 7.80. The van der Waals surface area contributed by atoms with Gasteiger partial charge in [0.15, 0.2) is 0 Å². The molecule has 13 heavy (non-hydrogen) atoms. The van der Waals surface area contributed by atoms with Gasteiger partial charge in [0.1, 0.15) is 0 Å². The Hall–Kier alpha value is -0.390. The molecule has 2 N–H and O–H groups in total. The Balaban J connectivity index is 3.10. The molecule has 1 aromatic carbocycles. The maximum absolute atomic E-state index is 12.1. The molecule has 0 aliphatic heterocycles. The van der Waals surface area contributed by atoms with E-state index in [1.54, 1.807) is 0 Å². The third kappa shape index (κ3) is 2.52. The van der Waals surface area contributed by atoms with Gasteiger partial charge in [0, 0.05) is 4.90 Å². The minimum absolute atomic E-state index is 0.0160. The quantitative estimate of drug-likeness (QED) is 0.745. The Morgan fingerprint density at radius 3 is 2.31 bits per heavy atom. The summed E-state index contributed by atoms with van der Waals surface area (Å²) in [5, 5.41) is 5.18. The summed E-state index contributed by atoms with van der Waals surface area (Å²) in [5.41, 5.74) is -0.768. The first-order chi connectivity index (χ1) is 5.95. The molecule has 0 fully saturated rings. The minimum Gasteiger partial charge on any atom is -0.274 e. The Labute approximate surface area is 82.2 Å². The zero-order valence-electron chi connectivity index (χ0n) is 6.23. The van der Waals surface area contributed by atoms with Gasteiger partial charge in [0.25, 0.3) is 0 Å². The summed E-state index contributed by atoms with van der Waals surface area (Å²) in [6.45, 7) is 0. The van der Waals surface area contributed by atoms with Crippen molar-refractivity contribution < 1.29 is 13.2 Å². The average Bonchev–Trinajstić information content (AvgIpc) is 2.02. The lowest BCUT2D eigenvalue weighted by atomic mass is 10.2. The molecule has 1 rings (SSSR count). The molecule has 0 unspecified atom stereocenters. The second kappa shape index (κ2) is 3.77. The van der Waals surface area contributed by atoms with Gasteiger partial charge in [-0.15, -0.1) is 0 Å². The summed E-state index contributed by atoms with van der Waals surface area (Å²) < 4.78 is 36.3. The van der Waals surface area contributed by atoms with Crippen molar-refractivity contribution in [2.45, 2.75) is 11.1 Å². The Bertz CT molecular complexity index is 313. The normalized spacial score (nSPS) is 11.8. The van der Waals surface area contributed by atoms with E-state index in [1.165, 1.54) is 6.07 Å². The van der Waals surface area contributed by atoms with E-state index in [0.717, 1.165) is 24.1 Å². The Kier molecular flexibility index (Phi) is 3.10. The molecule has 0 saturated heterocycles. The van der Waals surface area contributed by atoms with Crippen LogP contribution in [0.15, 0.2) is 23.1 Å². The fourth-order valence-electron chi connectivity index (χ4n) is 0.773. The number of halogens is 4.